The van der Waals surface area contributed by atoms with Gasteiger partial charge in [0.1, 0.15) is 17.8 Å². The minimum absolute atomic E-state index is 0.0963. The average Bonchev–Trinajstić information content (AvgIpc) is 2.61. The van der Waals surface area contributed by atoms with Gasteiger partial charge in [0.2, 0.25) is 0 Å². The van der Waals surface area contributed by atoms with Crippen LogP contribution in [0.5, 0.6) is 5.75 Å². The molecular weight excluding hydrogens is 396 g/mol. The Morgan fingerprint density at radius 1 is 1.44 bits per heavy atom. The molecule has 2 rings (SSSR count). The number of ether oxygens (including phenoxy) is 2. The average molecular weight is 409 g/mol. The van der Waals surface area contributed by atoms with Crippen molar-refractivity contribution in [2.75, 3.05) is 19.1 Å². The van der Waals surface area contributed by atoms with E-state index in [9.17, 15) is 14.9 Å². The summed E-state index contributed by atoms with van der Waals surface area (Å²) >= 11 is 3.34. The first-order chi connectivity index (χ1) is 12.0. The highest BCUT2D eigenvalue weighted by Gasteiger charge is 2.06. The zero-order valence-corrected chi connectivity index (χ0v) is 14.6. The summed E-state index contributed by atoms with van der Waals surface area (Å²) in [4.78, 5) is 25.0. The number of carbonyl (C=O) groups is 1. The normalized spacial score (nSPS) is 10.5. The Hall–Kier alpha value is -3.01. The number of benzene rings is 1. The van der Waals surface area contributed by atoms with Crippen LogP contribution in [0.4, 0.5) is 11.5 Å². The van der Waals surface area contributed by atoms with E-state index in [0.717, 1.165) is 11.8 Å². The van der Waals surface area contributed by atoms with Gasteiger partial charge in [-0.2, -0.15) is 5.10 Å². The number of nitro groups is 1. The molecule has 0 aliphatic heterocycles. The zero-order chi connectivity index (χ0) is 18.2. The number of hydrogen-bond acceptors (Lipinski definition) is 8. The van der Waals surface area contributed by atoms with E-state index < -0.39 is 10.9 Å². The maximum Gasteiger partial charge on any atom is 0.343 e. The lowest BCUT2D eigenvalue weighted by Crippen LogP contribution is -2.12. The van der Waals surface area contributed by atoms with Crippen LogP contribution in [-0.4, -0.2) is 35.8 Å². The molecule has 0 saturated heterocycles. The number of carbonyl (C=O) groups excluding carboxylic acids is 1. The van der Waals surface area contributed by atoms with Crippen molar-refractivity contribution in [2.24, 2.45) is 5.10 Å². The van der Waals surface area contributed by atoms with E-state index in [4.69, 9.17) is 4.74 Å². The minimum atomic E-state index is -0.526. The summed E-state index contributed by atoms with van der Waals surface area (Å²) in [6.45, 7) is -0.185. The van der Waals surface area contributed by atoms with E-state index in [1.54, 1.807) is 18.2 Å². The molecular formula is C15H13BrN4O5. The van der Waals surface area contributed by atoms with Crippen LogP contribution < -0.4 is 10.2 Å². The first kappa shape index (κ1) is 18.3. The predicted molar refractivity (Wildman–Crippen MR) is 93.8 cm³/mol. The fourth-order valence-electron chi connectivity index (χ4n) is 1.64. The van der Waals surface area contributed by atoms with E-state index in [1.165, 1.54) is 25.5 Å². The molecule has 0 fully saturated rings. The lowest BCUT2D eigenvalue weighted by Gasteiger charge is -2.07. The van der Waals surface area contributed by atoms with Crippen molar-refractivity contribution in [1.82, 2.24) is 4.98 Å². The summed E-state index contributed by atoms with van der Waals surface area (Å²) in [5, 5.41) is 14.5. The summed E-state index contributed by atoms with van der Waals surface area (Å²) in [6.07, 6.45) is 2.68. The number of halogens is 1. The molecule has 0 spiro atoms. The lowest BCUT2D eigenvalue weighted by molar-refractivity contribution is -0.385. The fraction of sp³-hybridized carbons (Fsp3) is 0.133. The molecule has 25 heavy (non-hydrogen) atoms. The van der Waals surface area contributed by atoms with Crippen LogP contribution in [0.1, 0.15) is 5.56 Å². The van der Waals surface area contributed by atoms with Crippen molar-refractivity contribution in [1.29, 1.82) is 0 Å². The number of hydrazone groups is 1. The molecule has 10 heteroatoms. The largest absolute Gasteiger partial charge is 0.481 e. The fourth-order valence-corrected chi connectivity index (χ4v) is 2.15. The molecule has 0 radical (unpaired) electrons. The van der Waals surface area contributed by atoms with Gasteiger partial charge in [-0.1, -0.05) is 0 Å². The van der Waals surface area contributed by atoms with E-state index >= 15 is 0 Å². The topological polar surface area (TPSA) is 116 Å². The Kier molecular flexibility index (Phi) is 6.40. The molecule has 130 valence electrons. The Labute approximate surface area is 150 Å². The maximum atomic E-state index is 11.1. The highest BCUT2D eigenvalue weighted by atomic mass is 79.9. The SMILES string of the molecule is COC(=O)COc1ccc(/C=N\Nc2ccc([N+](=O)[O-])cn2)cc1Br. The van der Waals surface area contributed by atoms with Crippen LogP contribution in [0.15, 0.2) is 46.1 Å². The van der Waals surface area contributed by atoms with E-state index in [0.29, 0.717) is 16.0 Å². The van der Waals surface area contributed by atoms with Crippen molar-refractivity contribution < 1.29 is 19.2 Å². The predicted octanol–water partition coefficient (Wildman–Crippen LogP) is 2.75. The molecule has 0 bridgehead atoms. The molecule has 1 heterocycles. The van der Waals surface area contributed by atoms with Crippen molar-refractivity contribution in [2.45, 2.75) is 0 Å². The zero-order valence-electron chi connectivity index (χ0n) is 13.0. The third-order valence-electron chi connectivity index (χ3n) is 2.88. The molecule has 0 aliphatic rings. The summed E-state index contributed by atoms with van der Waals surface area (Å²) in [7, 11) is 1.28. The van der Waals surface area contributed by atoms with Gasteiger partial charge in [-0.15, -0.1) is 0 Å². The van der Waals surface area contributed by atoms with Gasteiger partial charge >= 0.3 is 5.97 Å². The summed E-state index contributed by atoms with van der Waals surface area (Å²) < 4.78 is 10.4. The first-order valence-corrected chi connectivity index (χ1v) is 7.67. The molecule has 1 aromatic heterocycles. The molecule has 0 unspecified atom stereocenters. The molecule has 0 amide bonds. The van der Waals surface area contributed by atoms with Gasteiger partial charge < -0.3 is 9.47 Å². The summed E-state index contributed by atoms with van der Waals surface area (Å²) in [5.41, 5.74) is 3.33. The van der Waals surface area contributed by atoms with Crippen molar-refractivity contribution >= 4 is 39.6 Å². The van der Waals surface area contributed by atoms with Crippen LogP contribution in [-0.2, 0) is 9.53 Å². The quantitative estimate of drug-likeness (QED) is 0.324. The monoisotopic (exact) mass is 408 g/mol. The number of aromatic nitrogens is 1. The highest BCUT2D eigenvalue weighted by molar-refractivity contribution is 9.10. The Balaban J connectivity index is 1.95. The van der Waals surface area contributed by atoms with Gasteiger partial charge in [-0.05, 0) is 45.8 Å². The molecule has 0 atom stereocenters. The minimum Gasteiger partial charge on any atom is -0.481 e. The second-order valence-electron chi connectivity index (χ2n) is 4.58. The van der Waals surface area contributed by atoms with Gasteiger partial charge in [-0.25, -0.2) is 9.78 Å². The Morgan fingerprint density at radius 3 is 2.84 bits per heavy atom. The van der Waals surface area contributed by atoms with E-state index in [1.807, 2.05) is 0 Å². The molecule has 1 aromatic carbocycles. The number of nitrogens with one attached hydrogen (secondary N) is 1. The third kappa shape index (κ3) is 5.53. The van der Waals surface area contributed by atoms with Crippen molar-refractivity contribution in [3.63, 3.8) is 0 Å². The number of esters is 1. The number of nitrogens with zero attached hydrogens (tertiary/aromatic N) is 3. The standard InChI is InChI=1S/C15H13BrN4O5/c1-24-15(21)9-25-13-4-2-10(6-12(13)16)7-18-19-14-5-3-11(8-17-14)20(22)23/h2-8H,9H2,1H3,(H,17,19)/b18-7-. The molecule has 9 nitrogen and oxygen atoms in total. The highest BCUT2D eigenvalue weighted by Crippen LogP contribution is 2.25. The second kappa shape index (κ2) is 8.73. The van der Waals surface area contributed by atoms with E-state index in [2.05, 4.69) is 36.2 Å². The van der Waals surface area contributed by atoms with Gasteiger partial charge in [0.05, 0.1) is 22.7 Å². The second-order valence-corrected chi connectivity index (χ2v) is 5.44. The number of rotatable bonds is 7. The number of methoxy groups -OCH3 is 1. The van der Waals surface area contributed by atoms with Crippen molar-refractivity contribution in [3.8, 4) is 5.75 Å². The maximum absolute atomic E-state index is 11.1. The lowest BCUT2D eigenvalue weighted by atomic mass is 10.2. The Morgan fingerprint density at radius 2 is 2.24 bits per heavy atom. The van der Waals surface area contributed by atoms with Gasteiger partial charge in [0, 0.05) is 6.07 Å². The van der Waals surface area contributed by atoms with Crippen LogP contribution in [0.2, 0.25) is 0 Å². The third-order valence-corrected chi connectivity index (χ3v) is 3.50. The molecule has 2 aromatic rings. The number of anilines is 1. The number of pyridine rings is 1. The van der Waals surface area contributed by atoms with Crippen molar-refractivity contribution in [3.05, 3.63) is 56.7 Å². The smallest absolute Gasteiger partial charge is 0.343 e. The Bertz CT molecular complexity index is 795. The van der Waals surface area contributed by atoms with Gasteiger partial charge in [-0.3, -0.25) is 15.5 Å². The van der Waals surface area contributed by atoms with Crippen LogP contribution in [0.25, 0.3) is 0 Å². The molecule has 0 saturated carbocycles. The first-order valence-electron chi connectivity index (χ1n) is 6.88. The van der Waals surface area contributed by atoms with E-state index in [-0.39, 0.29) is 12.3 Å². The van der Waals surface area contributed by atoms with Crippen LogP contribution >= 0.6 is 15.9 Å². The van der Waals surface area contributed by atoms with Gasteiger partial charge in [0.25, 0.3) is 5.69 Å². The van der Waals surface area contributed by atoms with Crippen LogP contribution in [0, 0.1) is 10.1 Å². The number of hydrogen-bond donors (Lipinski definition) is 1. The summed E-state index contributed by atoms with van der Waals surface area (Å²) in [5.74, 6) is 0.392. The van der Waals surface area contributed by atoms with Gasteiger partial charge in [0.15, 0.2) is 6.61 Å². The molecule has 1 N–H and O–H groups in total. The molecule has 0 aliphatic carbocycles. The van der Waals surface area contributed by atoms with Crippen LogP contribution in [0.3, 0.4) is 0 Å². The summed E-state index contributed by atoms with van der Waals surface area (Å²) in [6, 6.07) is 7.95.